The van der Waals surface area contributed by atoms with E-state index in [0.29, 0.717) is 11.7 Å². The van der Waals surface area contributed by atoms with E-state index in [1.165, 1.54) is 12.0 Å². The van der Waals surface area contributed by atoms with Gasteiger partial charge in [-0.05, 0) is 50.9 Å². The Balaban J connectivity index is 1.49. The van der Waals surface area contributed by atoms with Gasteiger partial charge in [-0.3, -0.25) is 4.79 Å². The van der Waals surface area contributed by atoms with Crippen LogP contribution in [0.4, 0.5) is 0 Å². The highest BCUT2D eigenvalue weighted by Gasteiger charge is 2.22. The Bertz CT molecular complexity index is 697. The highest BCUT2D eigenvalue weighted by molar-refractivity contribution is 7.99. The lowest BCUT2D eigenvalue weighted by atomic mass is 9.98. The van der Waals surface area contributed by atoms with Crippen molar-refractivity contribution in [3.8, 4) is 0 Å². The first-order chi connectivity index (χ1) is 11.7. The molecule has 6 heteroatoms. The molecule has 1 N–H and O–H groups in total. The number of rotatable bonds is 6. The number of nitrogens with zero attached hydrogens (tertiary/aromatic N) is 3. The van der Waals surface area contributed by atoms with Crippen molar-refractivity contribution in [2.75, 3.05) is 32.4 Å². The number of likely N-dealkylation sites (tertiary alicyclic amines) is 1. The molecule has 2 aromatic heterocycles. The molecule has 0 aromatic carbocycles. The number of aryl methyl sites for hydroxylation is 1. The fraction of sp³-hybridized carbons (Fsp3) is 0.556. The summed E-state index contributed by atoms with van der Waals surface area (Å²) in [5.41, 5.74) is 3.22. The average molecular weight is 347 g/mol. The predicted octanol–water partition coefficient (Wildman–Crippen LogP) is 2.33. The summed E-state index contributed by atoms with van der Waals surface area (Å²) in [4.78, 5) is 19.1. The van der Waals surface area contributed by atoms with Crippen LogP contribution in [0.3, 0.4) is 0 Å². The van der Waals surface area contributed by atoms with Crippen molar-refractivity contribution >= 4 is 23.3 Å². The third-order valence-electron chi connectivity index (χ3n) is 4.49. The van der Waals surface area contributed by atoms with Crippen LogP contribution in [0.25, 0.3) is 5.65 Å². The molecule has 130 valence electrons. The van der Waals surface area contributed by atoms with E-state index in [2.05, 4.69) is 40.1 Å². The summed E-state index contributed by atoms with van der Waals surface area (Å²) >= 11 is 1.66. The van der Waals surface area contributed by atoms with Crippen molar-refractivity contribution < 1.29 is 4.79 Å². The molecule has 1 aliphatic rings. The molecule has 1 unspecified atom stereocenters. The van der Waals surface area contributed by atoms with E-state index in [-0.39, 0.29) is 5.91 Å². The van der Waals surface area contributed by atoms with Gasteiger partial charge in [0.15, 0.2) is 0 Å². The van der Waals surface area contributed by atoms with Gasteiger partial charge >= 0.3 is 0 Å². The van der Waals surface area contributed by atoms with Gasteiger partial charge in [0, 0.05) is 31.2 Å². The van der Waals surface area contributed by atoms with Crippen LogP contribution in [0.2, 0.25) is 0 Å². The molecule has 1 amide bonds. The number of amides is 1. The smallest absolute Gasteiger partial charge is 0.232 e. The van der Waals surface area contributed by atoms with Crippen LogP contribution in [0.15, 0.2) is 24.5 Å². The Morgan fingerprint density at radius 3 is 3.12 bits per heavy atom. The van der Waals surface area contributed by atoms with Gasteiger partial charge in [-0.2, -0.15) is 0 Å². The first-order valence-corrected chi connectivity index (χ1v) is 9.75. The van der Waals surface area contributed by atoms with Crippen LogP contribution in [0.5, 0.6) is 0 Å². The number of nitrogens with one attached hydrogen (secondary N) is 1. The highest BCUT2D eigenvalue weighted by atomic mass is 32.2. The summed E-state index contributed by atoms with van der Waals surface area (Å²) in [5, 5.41) is 3.22. The molecule has 0 bridgehead atoms. The van der Waals surface area contributed by atoms with Gasteiger partial charge in [0.2, 0.25) is 5.91 Å². The normalized spacial score (nSPS) is 18.2. The van der Waals surface area contributed by atoms with E-state index in [1.807, 2.05) is 18.0 Å². The molecule has 5 nitrogen and oxygen atoms in total. The third kappa shape index (κ3) is 4.30. The number of piperidine rings is 1. The van der Waals surface area contributed by atoms with E-state index < -0.39 is 0 Å². The second-order valence-corrected chi connectivity index (χ2v) is 7.59. The number of hydrogen-bond acceptors (Lipinski definition) is 4. The molecule has 24 heavy (non-hydrogen) atoms. The van der Waals surface area contributed by atoms with E-state index in [0.717, 1.165) is 43.1 Å². The van der Waals surface area contributed by atoms with Gasteiger partial charge < -0.3 is 14.6 Å². The number of hydrogen-bond donors (Lipinski definition) is 1. The van der Waals surface area contributed by atoms with Crippen molar-refractivity contribution in [1.82, 2.24) is 19.6 Å². The second kappa shape index (κ2) is 8.03. The molecule has 3 rings (SSSR count). The Morgan fingerprint density at radius 2 is 2.29 bits per heavy atom. The Kier molecular flexibility index (Phi) is 5.79. The number of aromatic nitrogens is 2. The highest BCUT2D eigenvalue weighted by Crippen LogP contribution is 2.18. The number of fused-ring (bicyclic) bond motifs is 1. The largest absolute Gasteiger partial charge is 0.342 e. The maximum Gasteiger partial charge on any atom is 0.232 e. The monoisotopic (exact) mass is 346 g/mol. The van der Waals surface area contributed by atoms with E-state index in [4.69, 9.17) is 0 Å². The van der Waals surface area contributed by atoms with Gasteiger partial charge in [0.1, 0.15) is 5.65 Å². The molecule has 1 aliphatic heterocycles. The molecular weight excluding hydrogens is 320 g/mol. The van der Waals surface area contributed by atoms with Gasteiger partial charge in [0.05, 0.1) is 11.4 Å². The SMILES string of the molecule is CNCC1CCCN(C(=O)CSCc2cn3cc(C)ccc3n2)C1. The minimum atomic E-state index is 0.264. The van der Waals surface area contributed by atoms with Crippen LogP contribution in [0, 0.1) is 12.8 Å². The zero-order valence-corrected chi connectivity index (χ0v) is 15.3. The molecule has 1 fully saturated rings. The second-order valence-electron chi connectivity index (χ2n) is 6.60. The van der Waals surface area contributed by atoms with E-state index >= 15 is 0 Å². The number of thioether (sulfide) groups is 1. The Morgan fingerprint density at radius 1 is 1.42 bits per heavy atom. The van der Waals surface area contributed by atoms with Gasteiger partial charge in [0.25, 0.3) is 0 Å². The molecule has 2 aromatic rings. The lowest BCUT2D eigenvalue weighted by Gasteiger charge is -2.32. The standard InChI is InChI=1S/C18H26N4OS/c1-14-5-6-17-20-16(11-22(17)9-14)12-24-13-18(23)21-7-3-4-15(10-21)8-19-2/h5-6,9,11,15,19H,3-4,7-8,10,12-13H2,1-2H3. The summed E-state index contributed by atoms with van der Waals surface area (Å²) in [6, 6.07) is 4.10. The third-order valence-corrected chi connectivity index (χ3v) is 5.44. The number of carbonyl (C=O) groups excluding carboxylic acids is 1. The fourth-order valence-corrected chi connectivity index (χ4v) is 4.11. The lowest BCUT2D eigenvalue weighted by Crippen LogP contribution is -2.43. The lowest BCUT2D eigenvalue weighted by molar-refractivity contribution is -0.130. The van der Waals surface area contributed by atoms with Crippen molar-refractivity contribution in [3.63, 3.8) is 0 Å². The van der Waals surface area contributed by atoms with E-state index in [9.17, 15) is 4.79 Å². The molecule has 1 saturated heterocycles. The Labute approximate surface area is 147 Å². The summed E-state index contributed by atoms with van der Waals surface area (Å²) in [7, 11) is 1.98. The molecule has 3 heterocycles. The topological polar surface area (TPSA) is 49.6 Å². The first kappa shape index (κ1) is 17.3. The van der Waals surface area contributed by atoms with Gasteiger partial charge in [-0.1, -0.05) is 6.07 Å². The number of imidazole rings is 1. The zero-order chi connectivity index (χ0) is 16.9. The Hall–Kier alpha value is -1.53. The predicted molar refractivity (Wildman–Crippen MR) is 99.3 cm³/mol. The molecule has 0 spiro atoms. The van der Waals surface area contributed by atoms with Crippen LogP contribution in [0.1, 0.15) is 24.1 Å². The maximum atomic E-state index is 12.4. The van der Waals surface area contributed by atoms with Crippen LogP contribution < -0.4 is 5.32 Å². The minimum absolute atomic E-state index is 0.264. The maximum absolute atomic E-state index is 12.4. The van der Waals surface area contributed by atoms with E-state index in [1.54, 1.807) is 11.8 Å². The molecule has 0 aliphatic carbocycles. The zero-order valence-electron chi connectivity index (χ0n) is 14.5. The molecular formula is C18H26N4OS. The van der Waals surface area contributed by atoms with Crippen molar-refractivity contribution in [2.24, 2.45) is 5.92 Å². The summed E-state index contributed by atoms with van der Waals surface area (Å²) in [6.07, 6.45) is 6.48. The van der Waals surface area contributed by atoms with Crippen LogP contribution in [-0.2, 0) is 10.5 Å². The van der Waals surface area contributed by atoms with Crippen molar-refractivity contribution in [2.45, 2.75) is 25.5 Å². The number of carbonyl (C=O) groups is 1. The fourth-order valence-electron chi connectivity index (χ4n) is 3.31. The quantitative estimate of drug-likeness (QED) is 0.872. The molecule has 1 atom stereocenters. The number of pyridine rings is 1. The minimum Gasteiger partial charge on any atom is -0.342 e. The first-order valence-electron chi connectivity index (χ1n) is 8.60. The summed E-state index contributed by atoms with van der Waals surface area (Å²) in [5.74, 6) is 2.18. The molecule has 0 saturated carbocycles. The molecule has 0 radical (unpaired) electrons. The average Bonchev–Trinajstić information content (AvgIpc) is 2.97. The van der Waals surface area contributed by atoms with Crippen LogP contribution in [-0.4, -0.2) is 52.6 Å². The summed E-state index contributed by atoms with van der Waals surface area (Å²) in [6.45, 7) is 4.88. The van der Waals surface area contributed by atoms with Crippen LogP contribution >= 0.6 is 11.8 Å². The van der Waals surface area contributed by atoms with Crippen molar-refractivity contribution in [3.05, 3.63) is 35.8 Å². The van der Waals surface area contributed by atoms with Gasteiger partial charge in [-0.25, -0.2) is 4.98 Å². The summed E-state index contributed by atoms with van der Waals surface area (Å²) < 4.78 is 2.06. The van der Waals surface area contributed by atoms with Gasteiger partial charge in [-0.15, -0.1) is 11.8 Å². The van der Waals surface area contributed by atoms with Crippen molar-refractivity contribution in [1.29, 1.82) is 0 Å².